The predicted octanol–water partition coefficient (Wildman–Crippen LogP) is 5.44. The van der Waals surface area contributed by atoms with Crippen LogP contribution in [0.1, 0.15) is 16.7 Å². The summed E-state index contributed by atoms with van der Waals surface area (Å²) in [7, 11) is 0. The van der Waals surface area contributed by atoms with Crippen molar-refractivity contribution in [2.45, 2.75) is 20.4 Å². The van der Waals surface area contributed by atoms with Crippen LogP contribution in [-0.4, -0.2) is 0 Å². The number of halogens is 2. The molecule has 0 aliphatic heterocycles. The van der Waals surface area contributed by atoms with Crippen molar-refractivity contribution in [3.63, 3.8) is 0 Å². The summed E-state index contributed by atoms with van der Waals surface area (Å²) < 4.78 is 2.16. The lowest BCUT2D eigenvalue weighted by Gasteiger charge is -2.10. The smallest absolute Gasteiger partial charge is 0.0498 e. The molecule has 2 rings (SSSR count). The molecule has 0 atom stereocenters. The van der Waals surface area contributed by atoms with E-state index in [9.17, 15) is 0 Å². The third-order valence-electron chi connectivity index (χ3n) is 2.69. The molecule has 0 aromatic heterocycles. The average molecular weight is 369 g/mol. The van der Waals surface area contributed by atoms with Crippen LogP contribution in [0.4, 0.5) is 5.69 Å². The minimum absolute atomic E-state index is 0.831. The lowest BCUT2D eigenvalue weighted by Crippen LogP contribution is -2.00. The van der Waals surface area contributed by atoms with E-state index in [0.717, 1.165) is 21.2 Å². The molecular weight excluding hydrogens is 354 g/mol. The van der Waals surface area contributed by atoms with Gasteiger partial charge in [-0.15, -0.1) is 0 Å². The summed E-state index contributed by atoms with van der Waals surface area (Å²) >= 11 is 7.03. The number of benzene rings is 2. The molecule has 3 heteroatoms. The molecule has 0 saturated carbocycles. The second-order valence-corrected chi connectivity index (χ2v) is 6.24. The summed E-state index contributed by atoms with van der Waals surface area (Å²) in [5, 5.41) is 3.45. The van der Waals surface area contributed by atoms with Crippen LogP contribution in [0.3, 0.4) is 0 Å². The largest absolute Gasteiger partial charge is 0.380 e. The number of hydrogen-bond donors (Lipinski definition) is 1. The first kappa shape index (κ1) is 13.6. The Morgan fingerprint density at radius 1 is 0.944 bits per heavy atom. The molecule has 0 amide bonds. The fraction of sp³-hybridized carbons (Fsp3) is 0.200. The van der Waals surface area contributed by atoms with Gasteiger partial charge in [0.15, 0.2) is 0 Å². The molecule has 0 fully saturated rings. The molecule has 0 unspecified atom stereocenters. The Balaban J connectivity index is 2.13. The monoisotopic (exact) mass is 367 g/mol. The minimum Gasteiger partial charge on any atom is -0.380 e. The number of rotatable bonds is 3. The van der Waals surface area contributed by atoms with Gasteiger partial charge in [-0.25, -0.2) is 0 Å². The van der Waals surface area contributed by atoms with Crippen molar-refractivity contribution in [2.75, 3.05) is 5.32 Å². The van der Waals surface area contributed by atoms with Gasteiger partial charge in [0.25, 0.3) is 0 Å². The zero-order valence-corrected chi connectivity index (χ0v) is 13.6. The number of hydrogen-bond acceptors (Lipinski definition) is 1. The van der Waals surface area contributed by atoms with Crippen molar-refractivity contribution in [3.8, 4) is 0 Å². The molecule has 0 radical (unpaired) electrons. The fourth-order valence-corrected chi connectivity index (χ4v) is 2.75. The number of nitrogens with one attached hydrogen (secondary N) is 1. The molecule has 1 N–H and O–H groups in total. The maximum atomic E-state index is 3.55. The summed E-state index contributed by atoms with van der Waals surface area (Å²) in [4.78, 5) is 0. The molecule has 94 valence electrons. The van der Waals surface area contributed by atoms with E-state index in [1.54, 1.807) is 0 Å². The van der Waals surface area contributed by atoms with E-state index in [1.807, 2.05) is 12.1 Å². The van der Waals surface area contributed by atoms with Gasteiger partial charge in [-0.05, 0) is 53.5 Å². The highest BCUT2D eigenvalue weighted by molar-refractivity contribution is 9.11. The Kier molecular flexibility index (Phi) is 4.46. The normalized spacial score (nSPS) is 10.4. The van der Waals surface area contributed by atoms with Gasteiger partial charge in [-0.2, -0.15) is 0 Å². The highest BCUT2D eigenvalue weighted by Gasteiger charge is 2.01. The molecule has 0 heterocycles. The predicted molar refractivity (Wildman–Crippen MR) is 85.1 cm³/mol. The van der Waals surface area contributed by atoms with Crippen LogP contribution in [-0.2, 0) is 6.54 Å². The second-order valence-electron chi connectivity index (χ2n) is 4.47. The molecule has 0 spiro atoms. The van der Waals surface area contributed by atoms with Crippen molar-refractivity contribution in [3.05, 3.63) is 62.0 Å². The molecular formula is C15H15Br2N. The molecule has 0 bridgehead atoms. The third kappa shape index (κ3) is 3.59. The quantitative estimate of drug-likeness (QED) is 0.760. The van der Waals surface area contributed by atoms with E-state index in [4.69, 9.17) is 0 Å². The van der Waals surface area contributed by atoms with E-state index >= 15 is 0 Å². The summed E-state index contributed by atoms with van der Waals surface area (Å²) in [6, 6.07) is 12.8. The highest BCUT2D eigenvalue weighted by atomic mass is 79.9. The topological polar surface area (TPSA) is 12.0 Å². The second kappa shape index (κ2) is 5.89. The Bertz CT molecular complexity index is 544. The SMILES string of the molecule is Cc1cc(C)cc(CNc2cc(Br)ccc2Br)c1. The first-order chi connectivity index (χ1) is 8.54. The molecule has 2 aromatic carbocycles. The van der Waals surface area contributed by atoms with Gasteiger partial charge in [0.2, 0.25) is 0 Å². The first-order valence-corrected chi connectivity index (χ1v) is 7.39. The minimum atomic E-state index is 0.831. The molecule has 1 nitrogen and oxygen atoms in total. The Morgan fingerprint density at radius 3 is 2.28 bits per heavy atom. The van der Waals surface area contributed by atoms with E-state index < -0.39 is 0 Å². The van der Waals surface area contributed by atoms with Crippen molar-refractivity contribution >= 4 is 37.5 Å². The van der Waals surface area contributed by atoms with Crippen LogP contribution in [0, 0.1) is 13.8 Å². The van der Waals surface area contributed by atoms with Gasteiger partial charge in [-0.3, -0.25) is 0 Å². The van der Waals surface area contributed by atoms with Crippen LogP contribution in [0.2, 0.25) is 0 Å². The summed E-state index contributed by atoms with van der Waals surface area (Å²) in [5.41, 5.74) is 5.02. The molecule has 2 aromatic rings. The van der Waals surface area contributed by atoms with Crippen LogP contribution >= 0.6 is 31.9 Å². The van der Waals surface area contributed by atoms with Crippen LogP contribution in [0.15, 0.2) is 45.3 Å². The summed E-state index contributed by atoms with van der Waals surface area (Å²) in [6.07, 6.45) is 0. The Hall–Kier alpha value is -0.800. The highest BCUT2D eigenvalue weighted by Crippen LogP contribution is 2.26. The van der Waals surface area contributed by atoms with Gasteiger partial charge in [0, 0.05) is 21.2 Å². The lowest BCUT2D eigenvalue weighted by atomic mass is 10.1. The van der Waals surface area contributed by atoms with Gasteiger partial charge in [0.1, 0.15) is 0 Å². The summed E-state index contributed by atoms with van der Waals surface area (Å²) in [6.45, 7) is 5.09. The maximum Gasteiger partial charge on any atom is 0.0498 e. The van der Waals surface area contributed by atoms with E-state index in [-0.39, 0.29) is 0 Å². The Morgan fingerprint density at radius 2 is 1.61 bits per heavy atom. The fourth-order valence-electron chi connectivity index (χ4n) is 2.00. The van der Waals surface area contributed by atoms with Crippen molar-refractivity contribution in [1.82, 2.24) is 0 Å². The zero-order chi connectivity index (χ0) is 13.1. The molecule has 0 aliphatic rings. The maximum absolute atomic E-state index is 3.55. The molecule has 0 saturated heterocycles. The van der Waals surface area contributed by atoms with Crippen LogP contribution in [0.25, 0.3) is 0 Å². The standard InChI is InChI=1S/C15H15Br2N/c1-10-5-11(2)7-12(6-10)9-18-15-8-13(16)3-4-14(15)17/h3-8,18H,9H2,1-2H3. The third-order valence-corrected chi connectivity index (χ3v) is 3.88. The Labute approximate surface area is 125 Å². The lowest BCUT2D eigenvalue weighted by molar-refractivity contribution is 1.13. The van der Waals surface area contributed by atoms with Gasteiger partial charge in [0.05, 0.1) is 0 Å². The number of aryl methyl sites for hydroxylation is 2. The van der Waals surface area contributed by atoms with Crippen molar-refractivity contribution in [2.24, 2.45) is 0 Å². The summed E-state index contributed by atoms with van der Waals surface area (Å²) in [5.74, 6) is 0. The molecule has 18 heavy (non-hydrogen) atoms. The van der Waals surface area contributed by atoms with Gasteiger partial charge < -0.3 is 5.32 Å². The number of anilines is 1. The van der Waals surface area contributed by atoms with Crippen molar-refractivity contribution in [1.29, 1.82) is 0 Å². The van der Waals surface area contributed by atoms with Gasteiger partial charge >= 0.3 is 0 Å². The average Bonchev–Trinajstić information content (AvgIpc) is 2.29. The van der Waals surface area contributed by atoms with Crippen LogP contribution < -0.4 is 5.32 Å². The molecule has 0 aliphatic carbocycles. The van der Waals surface area contributed by atoms with Crippen molar-refractivity contribution < 1.29 is 0 Å². The van der Waals surface area contributed by atoms with E-state index in [2.05, 4.69) is 75.3 Å². The van der Waals surface area contributed by atoms with Gasteiger partial charge in [-0.1, -0.05) is 45.3 Å². The van der Waals surface area contributed by atoms with Crippen LogP contribution in [0.5, 0.6) is 0 Å². The van der Waals surface area contributed by atoms with E-state index in [0.29, 0.717) is 0 Å². The zero-order valence-electron chi connectivity index (χ0n) is 10.4. The van der Waals surface area contributed by atoms with E-state index in [1.165, 1.54) is 16.7 Å². The first-order valence-electron chi connectivity index (χ1n) is 5.81.